The lowest BCUT2D eigenvalue weighted by atomic mass is 10.1. The van der Waals surface area contributed by atoms with Gasteiger partial charge >= 0.3 is 0 Å². The first-order valence-electron chi connectivity index (χ1n) is 6.52. The highest BCUT2D eigenvalue weighted by Gasteiger charge is 2.19. The van der Waals surface area contributed by atoms with Crippen LogP contribution in [-0.4, -0.2) is 41.2 Å². The van der Waals surface area contributed by atoms with Gasteiger partial charge in [0.15, 0.2) is 5.82 Å². The number of hydrogen-bond donors (Lipinski definition) is 1. The number of aromatic nitrogens is 2. The van der Waals surface area contributed by atoms with Gasteiger partial charge in [0.25, 0.3) is 0 Å². The SMILES string of the molecule is CCCc1nc(CN(C)C2CCNCC2)no1. The number of aryl methyl sites for hydroxylation is 1. The van der Waals surface area contributed by atoms with Crippen LogP contribution in [0.1, 0.15) is 37.9 Å². The molecule has 2 rings (SSSR count). The van der Waals surface area contributed by atoms with Crippen LogP contribution < -0.4 is 5.32 Å². The summed E-state index contributed by atoms with van der Waals surface area (Å²) in [5, 5.41) is 7.40. The van der Waals surface area contributed by atoms with Crippen LogP contribution in [0.3, 0.4) is 0 Å². The minimum atomic E-state index is 0.643. The molecule has 0 aromatic carbocycles. The highest BCUT2D eigenvalue weighted by atomic mass is 16.5. The molecule has 0 radical (unpaired) electrons. The van der Waals surface area contributed by atoms with Crippen molar-refractivity contribution in [3.8, 4) is 0 Å². The van der Waals surface area contributed by atoms with Crippen LogP contribution in [-0.2, 0) is 13.0 Å². The highest BCUT2D eigenvalue weighted by molar-refractivity contribution is 4.88. The molecule has 17 heavy (non-hydrogen) atoms. The van der Waals surface area contributed by atoms with Crippen LogP contribution in [0, 0.1) is 0 Å². The Morgan fingerprint density at radius 3 is 2.88 bits per heavy atom. The minimum absolute atomic E-state index is 0.643. The summed E-state index contributed by atoms with van der Waals surface area (Å²) in [5.74, 6) is 1.58. The van der Waals surface area contributed by atoms with Gasteiger partial charge < -0.3 is 9.84 Å². The molecule has 0 saturated carbocycles. The number of rotatable bonds is 5. The summed E-state index contributed by atoms with van der Waals surface area (Å²) in [5.41, 5.74) is 0. The Balaban J connectivity index is 1.85. The van der Waals surface area contributed by atoms with Crippen molar-refractivity contribution in [2.45, 2.75) is 45.2 Å². The Morgan fingerprint density at radius 2 is 2.18 bits per heavy atom. The van der Waals surface area contributed by atoms with Crippen LogP contribution in [0.2, 0.25) is 0 Å². The molecule has 1 fully saturated rings. The lowest BCUT2D eigenvalue weighted by Crippen LogP contribution is -2.40. The van der Waals surface area contributed by atoms with Crippen molar-refractivity contribution in [1.82, 2.24) is 20.4 Å². The molecule has 96 valence electrons. The lowest BCUT2D eigenvalue weighted by Gasteiger charge is -2.30. The van der Waals surface area contributed by atoms with Gasteiger partial charge in [-0.3, -0.25) is 4.90 Å². The Morgan fingerprint density at radius 1 is 1.41 bits per heavy atom. The molecule has 0 bridgehead atoms. The van der Waals surface area contributed by atoms with E-state index in [1.165, 1.54) is 12.8 Å². The van der Waals surface area contributed by atoms with E-state index in [0.717, 1.165) is 44.2 Å². The van der Waals surface area contributed by atoms with E-state index >= 15 is 0 Å². The predicted octanol–water partition coefficient (Wildman–Crippen LogP) is 1.21. The van der Waals surface area contributed by atoms with E-state index in [-0.39, 0.29) is 0 Å². The first-order valence-corrected chi connectivity index (χ1v) is 6.52. The molecule has 2 heterocycles. The van der Waals surface area contributed by atoms with E-state index in [9.17, 15) is 0 Å². The van der Waals surface area contributed by atoms with Crippen LogP contribution in [0.15, 0.2) is 4.52 Å². The van der Waals surface area contributed by atoms with Gasteiger partial charge in [-0.1, -0.05) is 12.1 Å². The van der Waals surface area contributed by atoms with E-state index in [2.05, 4.69) is 34.3 Å². The van der Waals surface area contributed by atoms with E-state index in [0.29, 0.717) is 6.04 Å². The topological polar surface area (TPSA) is 54.2 Å². The van der Waals surface area contributed by atoms with Gasteiger partial charge in [0, 0.05) is 12.5 Å². The Hall–Kier alpha value is -0.940. The molecule has 1 aromatic rings. The summed E-state index contributed by atoms with van der Waals surface area (Å²) < 4.78 is 5.19. The summed E-state index contributed by atoms with van der Waals surface area (Å²) in [6, 6.07) is 0.643. The summed E-state index contributed by atoms with van der Waals surface area (Å²) in [4.78, 5) is 6.73. The van der Waals surface area contributed by atoms with Gasteiger partial charge in [0.1, 0.15) is 0 Å². The quantitative estimate of drug-likeness (QED) is 0.835. The lowest BCUT2D eigenvalue weighted by molar-refractivity contribution is 0.186. The molecule has 0 atom stereocenters. The van der Waals surface area contributed by atoms with Crippen molar-refractivity contribution in [3.63, 3.8) is 0 Å². The van der Waals surface area contributed by atoms with Gasteiger partial charge in [-0.25, -0.2) is 0 Å². The van der Waals surface area contributed by atoms with E-state index < -0.39 is 0 Å². The van der Waals surface area contributed by atoms with Crippen molar-refractivity contribution in [2.24, 2.45) is 0 Å². The molecule has 5 nitrogen and oxygen atoms in total. The van der Waals surface area contributed by atoms with Gasteiger partial charge in [-0.2, -0.15) is 4.98 Å². The second kappa shape index (κ2) is 6.12. The normalized spacial score (nSPS) is 17.8. The molecule has 1 aliphatic heterocycles. The smallest absolute Gasteiger partial charge is 0.226 e. The third-order valence-electron chi connectivity index (χ3n) is 3.30. The minimum Gasteiger partial charge on any atom is -0.339 e. The molecule has 0 unspecified atom stereocenters. The van der Waals surface area contributed by atoms with Crippen molar-refractivity contribution in [2.75, 3.05) is 20.1 Å². The van der Waals surface area contributed by atoms with E-state index in [1.54, 1.807) is 0 Å². The van der Waals surface area contributed by atoms with Gasteiger partial charge in [-0.15, -0.1) is 0 Å². The maximum Gasteiger partial charge on any atom is 0.226 e. The zero-order valence-corrected chi connectivity index (χ0v) is 10.8. The standard InChI is InChI=1S/C12H22N4O/c1-3-4-12-14-11(15-17-12)9-16(2)10-5-7-13-8-6-10/h10,13H,3-9H2,1-2H3. The predicted molar refractivity (Wildman–Crippen MR) is 65.7 cm³/mol. The van der Waals surface area contributed by atoms with Crippen molar-refractivity contribution < 1.29 is 4.52 Å². The van der Waals surface area contributed by atoms with E-state index in [1.807, 2.05) is 0 Å². The van der Waals surface area contributed by atoms with Gasteiger partial charge in [0.2, 0.25) is 5.89 Å². The van der Waals surface area contributed by atoms with Crippen LogP contribution in [0.4, 0.5) is 0 Å². The van der Waals surface area contributed by atoms with Crippen LogP contribution in [0.25, 0.3) is 0 Å². The molecule has 1 N–H and O–H groups in total. The zero-order valence-electron chi connectivity index (χ0n) is 10.8. The molecule has 1 aromatic heterocycles. The number of piperidine rings is 1. The Bertz CT molecular complexity index is 333. The molecule has 0 spiro atoms. The summed E-state index contributed by atoms with van der Waals surface area (Å²) >= 11 is 0. The van der Waals surface area contributed by atoms with Crippen LogP contribution >= 0.6 is 0 Å². The first-order chi connectivity index (χ1) is 8.29. The molecule has 0 aliphatic carbocycles. The summed E-state index contributed by atoms with van der Waals surface area (Å²) in [6.07, 6.45) is 4.34. The average Bonchev–Trinajstić information content (AvgIpc) is 2.78. The molecule has 5 heteroatoms. The fourth-order valence-corrected chi connectivity index (χ4v) is 2.27. The first kappa shape index (κ1) is 12.5. The molecule has 1 aliphatic rings. The monoisotopic (exact) mass is 238 g/mol. The number of hydrogen-bond acceptors (Lipinski definition) is 5. The maximum absolute atomic E-state index is 5.19. The fraction of sp³-hybridized carbons (Fsp3) is 0.833. The molecular weight excluding hydrogens is 216 g/mol. The van der Waals surface area contributed by atoms with Crippen LogP contribution in [0.5, 0.6) is 0 Å². The number of nitrogens with zero attached hydrogens (tertiary/aromatic N) is 3. The third kappa shape index (κ3) is 3.51. The fourth-order valence-electron chi connectivity index (χ4n) is 2.27. The largest absolute Gasteiger partial charge is 0.339 e. The summed E-state index contributed by atoms with van der Waals surface area (Å²) in [6.45, 7) is 5.13. The Labute approximate surface area is 103 Å². The van der Waals surface area contributed by atoms with Crippen molar-refractivity contribution >= 4 is 0 Å². The average molecular weight is 238 g/mol. The van der Waals surface area contributed by atoms with E-state index in [4.69, 9.17) is 4.52 Å². The second-order valence-corrected chi connectivity index (χ2v) is 4.75. The maximum atomic E-state index is 5.19. The molecule has 0 amide bonds. The second-order valence-electron chi connectivity index (χ2n) is 4.75. The summed E-state index contributed by atoms with van der Waals surface area (Å²) in [7, 11) is 2.14. The molecule has 1 saturated heterocycles. The zero-order chi connectivity index (χ0) is 12.1. The Kier molecular flexibility index (Phi) is 4.50. The van der Waals surface area contributed by atoms with Crippen molar-refractivity contribution in [1.29, 1.82) is 0 Å². The van der Waals surface area contributed by atoms with Gasteiger partial charge in [-0.05, 0) is 39.4 Å². The highest BCUT2D eigenvalue weighted by Crippen LogP contribution is 2.12. The van der Waals surface area contributed by atoms with Gasteiger partial charge in [0.05, 0.1) is 6.54 Å². The number of nitrogens with one attached hydrogen (secondary N) is 1. The molecular formula is C12H22N4O. The van der Waals surface area contributed by atoms with Crippen molar-refractivity contribution in [3.05, 3.63) is 11.7 Å². The third-order valence-corrected chi connectivity index (χ3v) is 3.30.